The van der Waals surface area contributed by atoms with Crippen molar-refractivity contribution in [2.75, 3.05) is 0 Å². The zero-order chi connectivity index (χ0) is 18.2. The number of carboxylic acid groups (broad SMARTS) is 1. The predicted molar refractivity (Wildman–Crippen MR) is 96.6 cm³/mol. The van der Waals surface area contributed by atoms with E-state index < -0.39 is 5.97 Å². The van der Waals surface area contributed by atoms with Crippen molar-refractivity contribution in [1.82, 2.24) is 0 Å². The summed E-state index contributed by atoms with van der Waals surface area (Å²) in [4.78, 5) is 22.2. The highest BCUT2D eigenvalue weighted by Crippen LogP contribution is 2.40. The lowest BCUT2D eigenvalue weighted by Crippen LogP contribution is -2.45. The monoisotopic (exact) mass is 340 g/mol. The number of aliphatic carboxylic acids is 1. The molecule has 4 heteroatoms. The first-order valence-electron chi connectivity index (χ1n) is 9.58. The van der Waals surface area contributed by atoms with Crippen LogP contribution in [0.2, 0.25) is 0 Å². The van der Waals surface area contributed by atoms with Crippen LogP contribution in [0.1, 0.15) is 79.6 Å². The Bertz CT molecular complexity index is 406. The lowest BCUT2D eigenvalue weighted by molar-refractivity contribution is -0.423. The van der Waals surface area contributed by atoms with E-state index >= 15 is 0 Å². The molecule has 0 radical (unpaired) electrons. The third-order valence-corrected chi connectivity index (χ3v) is 5.29. The highest BCUT2D eigenvalue weighted by atomic mass is 17.2. The molecule has 0 aromatic heterocycles. The highest BCUT2D eigenvalue weighted by Gasteiger charge is 2.42. The maximum absolute atomic E-state index is 10.9. The Morgan fingerprint density at radius 2 is 2.08 bits per heavy atom. The minimum Gasteiger partial charge on any atom is -0.481 e. The minimum absolute atomic E-state index is 0.0102. The average Bonchev–Trinajstić information content (AvgIpc) is 2.53. The van der Waals surface area contributed by atoms with Crippen molar-refractivity contribution in [3.63, 3.8) is 0 Å². The summed E-state index contributed by atoms with van der Waals surface area (Å²) in [5, 5.41) is 8.97. The van der Waals surface area contributed by atoms with Crippen molar-refractivity contribution in [2.45, 2.75) is 91.3 Å². The van der Waals surface area contributed by atoms with Crippen molar-refractivity contribution in [3.05, 3.63) is 12.2 Å². The van der Waals surface area contributed by atoms with Gasteiger partial charge in [0.15, 0.2) is 0 Å². The van der Waals surface area contributed by atoms with Gasteiger partial charge in [-0.3, -0.25) is 4.79 Å². The van der Waals surface area contributed by atoms with Crippen LogP contribution in [-0.2, 0) is 14.6 Å². The number of rotatable bonds is 10. The van der Waals surface area contributed by atoms with Crippen LogP contribution in [0.4, 0.5) is 0 Å². The van der Waals surface area contributed by atoms with Gasteiger partial charge in [-0.05, 0) is 56.3 Å². The molecule has 0 amide bonds. The summed E-state index contributed by atoms with van der Waals surface area (Å²) in [5.74, 6) is 0.532. The maximum Gasteiger partial charge on any atom is 0.306 e. The quantitative estimate of drug-likeness (QED) is 0.429. The first-order valence-corrected chi connectivity index (χ1v) is 9.58. The first kappa shape index (κ1) is 21.2. The second-order valence-electron chi connectivity index (χ2n) is 7.58. The molecule has 1 fully saturated rings. The van der Waals surface area contributed by atoms with Crippen LogP contribution in [0, 0.1) is 17.8 Å². The number of hydrogen-bond donors (Lipinski definition) is 1. The number of carboxylic acids is 1. The lowest BCUT2D eigenvalue weighted by atomic mass is 9.77. The number of hydrogen-bond acceptors (Lipinski definition) is 3. The van der Waals surface area contributed by atoms with E-state index in [1.165, 1.54) is 0 Å². The van der Waals surface area contributed by atoms with Crippen LogP contribution < -0.4 is 0 Å². The summed E-state index contributed by atoms with van der Waals surface area (Å²) in [6, 6.07) is 0. The van der Waals surface area contributed by atoms with Gasteiger partial charge in [0, 0.05) is 0 Å². The third kappa shape index (κ3) is 6.56. The summed E-state index contributed by atoms with van der Waals surface area (Å²) in [5.41, 5.74) is -0.277. The van der Waals surface area contributed by atoms with Gasteiger partial charge in [0.1, 0.15) is 11.7 Å². The zero-order valence-electron chi connectivity index (χ0n) is 16.1. The Labute approximate surface area is 147 Å². The van der Waals surface area contributed by atoms with Gasteiger partial charge in [0.2, 0.25) is 0 Å². The number of allylic oxidation sites excluding steroid dienone is 2. The SMILES string of the molecule is CCC=CC(CC)CC(C)CC1(CC)CC(C)C(CC(=O)O)OO1. The predicted octanol–water partition coefficient (Wildman–Crippen LogP) is 5.38. The molecule has 1 heterocycles. The first-order chi connectivity index (χ1) is 11.4. The van der Waals surface area contributed by atoms with Gasteiger partial charge in [-0.1, -0.05) is 46.8 Å². The smallest absolute Gasteiger partial charge is 0.306 e. The van der Waals surface area contributed by atoms with E-state index in [-0.39, 0.29) is 24.0 Å². The van der Waals surface area contributed by atoms with Gasteiger partial charge in [-0.15, -0.1) is 0 Å². The van der Waals surface area contributed by atoms with Crippen LogP contribution >= 0.6 is 0 Å². The Kier molecular flexibility index (Phi) is 8.99. The zero-order valence-corrected chi connectivity index (χ0v) is 16.1. The molecule has 0 bridgehead atoms. The third-order valence-electron chi connectivity index (χ3n) is 5.29. The van der Waals surface area contributed by atoms with E-state index in [0.717, 1.165) is 38.5 Å². The van der Waals surface area contributed by atoms with Crippen molar-refractivity contribution >= 4 is 5.97 Å². The van der Waals surface area contributed by atoms with E-state index in [0.29, 0.717) is 11.8 Å². The van der Waals surface area contributed by atoms with E-state index in [1.54, 1.807) is 0 Å². The molecular weight excluding hydrogens is 304 g/mol. The van der Waals surface area contributed by atoms with Crippen LogP contribution in [0.15, 0.2) is 12.2 Å². The molecule has 1 saturated heterocycles. The maximum atomic E-state index is 10.9. The fraction of sp³-hybridized carbons (Fsp3) is 0.850. The van der Waals surface area contributed by atoms with Crippen molar-refractivity contribution < 1.29 is 19.7 Å². The van der Waals surface area contributed by atoms with E-state index in [1.807, 2.05) is 0 Å². The Morgan fingerprint density at radius 1 is 1.38 bits per heavy atom. The summed E-state index contributed by atoms with van der Waals surface area (Å²) in [6.45, 7) is 10.9. The molecule has 0 spiro atoms. The number of carbonyl (C=O) groups is 1. The standard InChI is InChI=1S/C20H36O4/c1-6-9-10-17(7-2)11-15(4)13-20(8-3)14-16(5)18(23-24-20)12-19(21)22/h9-10,15-18H,6-8,11-14H2,1-5H3,(H,21,22). The molecule has 0 aliphatic carbocycles. The highest BCUT2D eigenvalue weighted by molar-refractivity contribution is 5.67. The molecule has 1 N–H and O–H groups in total. The van der Waals surface area contributed by atoms with Gasteiger partial charge in [-0.2, -0.15) is 0 Å². The summed E-state index contributed by atoms with van der Waals surface area (Å²) < 4.78 is 0. The second-order valence-corrected chi connectivity index (χ2v) is 7.58. The topological polar surface area (TPSA) is 55.8 Å². The molecule has 4 nitrogen and oxygen atoms in total. The van der Waals surface area contributed by atoms with Crippen LogP contribution in [0.3, 0.4) is 0 Å². The fourth-order valence-electron chi connectivity index (χ4n) is 3.83. The molecular formula is C20H36O4. The van der Waals surface area contributed by atoms with Gasteiger partial charge in [0.25, 0.3) is 0 Å². The molecule has 1 aliphatic rings. The summed E-state index contributed by atoms with van der Waals surface area (Å²) in [6.07, 6.45) is 10.4. The Balaban J connectivity index is 2.62. The van der Waals surface area contributed by atoms with Crippen LogP contribution in [0.5, 0.6) is 0 Å². The fourth-order valence-corrected chi connectivity index (χ4v) is 3.83. The molecule has 1 aliphatic heterocycles. The van der Waals surface area contributed by atoms with Crippen LogP contribution in [0.25, 0.3) is 0 Å². The van der Waals surface area contributed by atoms with Gasteiger partial charge >= 0.3 is 5.97 Å². The van der Waals surface area contributed by atoms with Gasteiger partial charge in [-0.25, -0.2) is 9.78 Å². The summed E-state index contributed by atoms with van der Waals surface area (Å²) in [7, 11) is 0. The molecule has 0 saturated carbocycles. The van der Waals surface area contributed by atoms with Crippen LogP contribution in [-0.4, -0.2) is 22.8 Å². The average molecular weight is 341 g/mol. The molecule has 0 aromatic carbocycles. The normalized spacial score (nSPS) is 30.4. The largest absolute Gasteiger partial charge is 0.481 e. The minimum atomic E-state index is -0.832. The second kappa shape index (κ2) is 10.2. The molecule has 1 rings (SSSR count). The van der Waals surface area contributed by atoms with E-state index in [2.05, 4.69) is 46.8 Å². The molecule has 5 unspecified atom stereocenters. The van der Waals surface area contributed by atoms with E-state index in [4.69, 9.17) is 14.9 Å². The lowest BCUT2D eigenvalue weighted by Gasteiger charge is -2.43. The molecule has 24 heavy (non-hydrogen) atoms. The van der Waals surface area contributed by atoms with Crippen molar-refractivity contribution in [2.24, 2.45) is 17.8 Å². The molecule has 140 valence electrons. The van der Waals surface area contributed by atoms with E-state index in [9.17, 15) is 4.79 Å². The van der Waals surface area contributed by atoms with Gasteiger partial charge < -0.3 is 5.11 Å². The molecule has 5 atom stereocenters. The van der Waals surface area contributed by atoms with Crippen molar-refractivity contribution in [3.8, 4) is 0 Å². The molecule has 0 aromatic rings. The Hall–Kier alpha value is -0.870. The Morgan fingerprint density at radius 3 is 2.58 bits per heavy atom. The summed E-state index contributed by atoms with van der Waals surface area (Å²) >= 11 is 0. The van der Waals surface area contributed by atoms with Gasteiger partial charge in [0.05, 0.1) is 6.42 Å². The van der Waals surface area contributed by atoms with Crippen molar-refractivity contribution in [1.29, 1.82) is 0 Å².